The van der Waals surface area contributed by atoms with Crippen LogP contribution in [0.2, 0.25) is 0 Å². The van der Waals surface area contributed by atoms with E-state index in [2.05, 4.69) is 27.5 Å². The van der Waals surface area contributed by atoms with Crippen molar-refractivity contribution in [3.05, 3.63) is 59.9 Å². The van der Waals surface area contributed by atoms with Gasteiger partial charge in [-0.25, -0.2) is 8.42 Å². The Bertz CT molecular complexity index is 930. The first kappa shape index (κ1) is 22.2. The van der Waals surface area contributed by atoms with E-state index < -0.39 is 10.0 Å². The lowest BCUT2D eigenvalue weighted by Gasteiger charge is -2.30. The van der Waals surface area contributed by atoms with E-state index in [-0.39, 0.29) is 0 Å². The fraction of sp³-hybridized carbons (Fsp3) is 0.455. The first-order valence-corrected chi connectivity index (χ1v) is 11.9. The Balaban J connectivity index is 1.51. The minimum absolute atomic E-state index is 0.359. The summed E-state index contributed by atoms with van der Waals surface area (Å²) in [5.74, 6) is 1.11. The molecule has 8 heteroatoms. The molecular weight excluding hydrogens is 398 g/mol. The number of nitrogens with one attached hydrogen (secondary N) is 2. The summed E-state index contributed by atoms with van der Waals surface area (Å²) in [6.45, 7) is 4.60. The van der Waals surface area contributed by atoms with Crippen molar-refractivity contribution in [2.24, 2.45) is 10.9 Å². The topological polar surface area (TPSA) is 86.7 Å². The fourth-order valence-corrected chi connectivity index (χ4v) is 5.15. The van der Waals surface area contributed by atoms with Gasteiger partial charge in [-0.1, -0.05) is 25.1 Å². The molecule has 1 aromatic carbocycles. The lowest BCUT2D eigenvalue weighted by atomic mass is 10.0. The maximum Gasteiger partial charge on any atom is 0.243 e. The Morgan fingerprint density at radius 3 is 2.67 bits per heavy atom. The zero-order valence-corrected chi connectivity index (χ0v) is 18.5. The molecule has 0 radical (unpaired) electrons. The Morgan fingerprint density at radius 1 is 1.20 bits per heavy atom. The van der Waals surface area contributed by atoms with Crippen LogP contribution in [0.15, 0.2) is 58.5 Å². The fourth-order valence-electron chi connectivity index (χ4n) is 3.55. The van der Waals surface area contributed by atoms with Gasteiger partial charge in [0.2, 0.25) is 10.0 Å². The number of pyridine rings is 1. The van der Waals surface area contributed by atoms with Gasteiger partial charge in [-0.3, -0.25) is 9.98 Å². The van der Waals surface area contributed by atoms with Crippen LogP contribution in [0.5, 0.6) is 0 Å². The Hall–Kier alpha value is -2.45. The number of benzene rings is 1. The third kappa shape index (κ3) is 6.03. The number of guanidine groups is 1. The smallest absolute Gasteiger partial charge is 0.243 e. The highest BCUT2D eigenvalue weighted by atomic mass is 32.2. The number of rotatable bonds is 7. The van der Waals surface area contributed by atoms with Crippen molar-refractivity contribution >= 4 is 16.0 Å². The second-order valence-electron chi connectivity index (χ2n) is 7.68. The van der Waals surface area contributed by atoms with Crippen molar-refractivity contribution in [3.63, 3.8) is 0 Å². The van der Waals surface area contributed by atoms with Crippen molar-refractivity contribution in [1.82, 2.24) is 19.9 Å². The molecule has 1 aromatic heterocycles. The zero-order valence-electron chi connectivity index (χ0n) is 17.7. The first-order chi connectivity index (χ1) is 14.5. The highest BCUT2D eigenvalue weighted by Crippen LogP contribution is 2.23. The van der Waals surface area contributed by atoms with Gasteiger partial charge in [0.1, 0.15) is 0 Å². The molecule has 1 aliphatic rings. The van der Waals surface area contributed by atoms with Gasteiger partial charge >= 0.3 is 0 Å². The molecule has 0 saturated carbocycles. The Kier molecular flexibility index (Phi) is 7.81. The predicted molar refractivity (Wildman–Crippen MR) is 120 cm³/mol. The van der Waals surface area contributed by atoms with E-state index in [1.807, 2.05) is 30.3 Å². The maximum absolute atomic E-state index is 12.9. The molecule has 0 bridgehead atoms. The molecule has 3 rings (SSSR count). The van der Waals surface area contributed by atoms with Crippen LogP contribution in [0.25, 0.3) is 0 Å². The van der Waals surface area contributed by atoms with Gasteiger partial charge in [0.25, 0.3) is 0 Å². The SMILES string of the molecule is CN=C(NCCc1ccccn1)NCc1ccc(S(=O)(=O)N2CCCC(C)C2)cc1. The van der Waals surface area contributed by atoms with Crippen molar-refractivity contribution in [2.45, 2.75) is 37.6 Å². The van der Waals surface area contributed by atoms with E-state index in [1.54, 1.807) is 29.7 Å². The largest absolute Gasteiger partial charge is 0.356 e. The quantitative estimate of drug-likeness (QED) is 0.521. The summed E-state index contributed by atoms with van der Waals surface area (Å²) >= 11 is 0. The van der Waals surface area contributed by atoms with Crippen molar-refractivity contribution < 1.29 is 8.42 Å². The standard InChI is InChI=1S/C22H31N5O2S/c1-18-6-5-15-27(17-18)30(28,29)21-10-8-19(9-11-21)16-26-22(23-2)25-14-12-20-7-3-4-13-24-20/h3-4,7-11,13,18H,5-6,12,14-17H2,1-2H3,(H2,23,25,26). The van der Waals surface area contributed by atoms with E-state index in [9.17, 15) is 8.42 Å². The van der Waals surface area contributed by atoms with E-state index in [0.29, 0.717) is 36.4 Å². The highest BCUT2D eigenvalue weighted by molar-refractivity contribution is 7.89. The molecule has 162 valence electrons. The molecule has 2 heterocycles. The van der Waals surface area contributed by atoms with Gasteiger partial charge in [-0.15, -0.1) is 0 Å². The first-order valence-electron chi connectivity index (χ1n) is 10.4. The molecular formula is C22H31N5O2S. The summed E-state index contributed by atoms with van der Waals surface area (Å²) in [6.07, 6.45) is 4.62. The van der Waals surface area contributed by atoms with Crippen LogP contribution in [0.1, 0.15) is 31.0 Å². The minimum atomic E-state index is -3.42. The van der Waals surface area contributed by atoms with Crippen LogP contribution in [0.3, 0.4) is 0 Å². The van der Waals surface area contributed by atoms with E-state index >= 15 is 0 Å². The average molecular weight is 430 g/mol. The van der Waals surface area contributed by atoms with Crippen LogP contribution in [0, 0.1) is 5.92 Å². The molecule has 0 amide bonds. The summed E-state index contributed by atoms with van der Waals surface area (Å²) in [4.78, 5) is 8.90. The summed E-state index contributed by atoms with van der Waals surface area (Å²) in [7, 11) is -1.69. The second-order valence-corrected chi connectivity index (χ2v) is 9.62. The number of aliphatic imine (C=N–C) groups is 1. The molecule has 1 aliphatic heterocycles. The summed E-state index contributed by atoms with van der Waals surface area (Å²) in [6, 6.07) is 13.0. The number of nitrogens with zero attached hydrogens (tertiary/aromatic N) is 3. The monoisotopic (exact) mass is 429 g/mol. The van der Waals surface area contributed by atoms with E-state index in [0.717, 1.165) is 37.1 Å². The number of sulfonamides is 1. The average Bonchev–Trinajstić information content (AvgIpc) is 2.77. The van der Waals surface area contributed by atoms with Crippen molar-refractivity contribution in [3.8, 4) is 0 Å². The molecule has 0 spiro atoms. The van der Waals surface area contributed by atoms with E-state index in [4.69, 9.17) is 0 Å². The van der Waals surface area contributed by atoms with Crippen LogP contribution in [-0.4, -0.2) is 50.3 Å². The van der Waals surface area contributed by atoms with Gasteiger partial charge in [0.15, 0.2) is 5.96 Å². The number of aromatic nitrogens is 1. The molecule has 2 aromatic rings. The van der Waals surface area contributed by atoms with Gasteiger partial charge in [0, 0.05) is 51.5 Å². The van der Waals surface area contributed by atoms with E-state index in [1.165, 1.54) is 0 Å². The van der Waals surface area contributed by atoms with Crippen LogP contribution >= 0.6 is 0 Å². The van der Waals surface area contributed by atoms with Crippen LogP contribution < -0.4 is 10.6 Å². The van der Waals surface area contributed by atoms with Gasteiger partial charge in [-0.2, -0.15) is 4.31 Å². The highest BCUT2D eigenvalue weighted by Gasteiger charge is 2.28. The van der Waals surface area contributed by atoms with Gasteiger partial charge in [0.05, 0.1) is 4.90 Å². The van der Waals surface area contributed by atoms with Crippen molar-refractivity contribution in [1.29, 1.82) is 0 Å². The molecule has 1 unspecified atom stereocenters. The molecule has 0 aliphatic carbocycles. The molecule has 30 heavy (non-hydrogen) atoms. The number of piperidine rings is 1. The summed E-state index contributed by atoms with van der Waals surface area (Å²) < 4.78 is 27.3. The number of hydrogen-bond acceptors (Lipinski definition) is 4. The van der Waals surface area contributed by atoms with Crippen LogP contribution in [-0.2, 0) is 23.0 Å². The third-order valence-electron chi connectivity index (χ3n) is 5.26. The summed E-state index contributed by atoms with van der Waals surface area (Å²) in [5, 5.41) is 6.53. The maximum atomic E-state index is 12.9. The lowest BCUT2D eigenvalue weighted by Crippen LogP contribution is -2.39. The minimum Gasteiger partial charge on any atom is -0.356 e. The van der Waals surface area contributed by atoms with Gasteiger partial charge < -0.3 is 10.6 Å². The molecule has 1 fully saturated rings. The molecule has 1 atom stereocenters. The van der Waals surface area contributed by atoms with Crippen LogP contribution in [0.4, 0.5) is 0 Å². The predicted octanol–water partition coefficient (Wildman–Crippen LogP) is 2.41. The number of hydrogen-bond donors (Lipinski definition) is 2. The van der Waals surface area contributed by atoms with Gasteiger partial charge in [-0.05, 0) is 48.6 Å². The molecule has 7 nitrogen and oxygen atoms in total. The lowest BCUT2D eigenvalue weighted by molar-refractivity contribution is 0.281. The van der Waals surface area contributed by atoms with Crippen molar-refractivity contribution in [2.75, 3.05) is 26.7 Å². The Labute approximate surface area is 179 Å². The zero-order chi connectivity index (χ0) is 21.4. The molecule has 2 N–H and O–H groups in total. The summed E-state index contributed by atoms with van der Waals surface area (Å²) in [5.41, 5.74) is 2.02. The Morgan fingerprint density at radius 2 is 2.00 bits per heavy atom. The third-order valence-corrected chi connectivity index (χ3v) is 7.14. The normalized spacial score (nSPS) is 18.2. The second kappa shape index (κ2) is 10.5. The molecule has 1 saturated heterocycles.